The standard InChI is InChI=1S/C18H17F3O5/c1-24-15(18(22)23)10-11-2-4-12(5-3-11)25-8-9-26-17-14(20)7-6-13(19)16(17)21/h2-7,15H,8-10H2,1H3,(H,22,23)/t15-/m0/s1. The predicted octanol–water partition coefficient (Wildman–Crippen LogP) is 3.20. The van der Waals surface area contributed by atoms with Crippen molar-refractivity contribution < 1.29 is 37.3 Å². The summed E-state index contributed by atoms with van der Waals surface area (Å²) in [7, 11) is 1.32. The Balaban J connectivity index is 1.83. The summed E-state index contributed by atoms with van der Waals surface area (Å²) in [6.07, 6.45) is -0.737. The molecule has 0 aliphatic rings. The molecule has 0 aromatic heterocycles. The number of hydrogen-bond donors (Lipinski definition) is 1. The van der Waals surface area contributed by atoms with Crippen LogP contribution < -0.4 is 9.47 Å². The van der Waals surface area contributed by atoms with Gasteiger partial charge in [0.1, 0.15) is 19.0 Å². The van der Waals surface area contributed by atoms with Gasteiger partial charge in [-0.15, -0.1) is 0 Å². The largest absolute Gasteiger partial charge is 0.490 e. The Bertz CT molecular complexity index is 749. The summed E-state index contributed by atoms with van der Waals surface area (Å²) >= 11 is 0. The van der Waals surface area contributed by atoms with Gasteiger partial charge in [0.25, 0.3) is 0 Å². The Morgan fingerprint density at radius 1 is 1.00 bits per heavy atom. The number of halogens is 3. The second-order valence-electron chi connectivity index (χ2n) is 5.28. The van der Waals surface area contributed by atoms with Crippen molar-refractivity contribution in [1.82, 2.24) is 0 Å². The van der Waals surface area contributed by atoms with Gasteiger partial charge < -0.3 is 19.3 Å². The molecule has 26 heavy (non-hydrogen) atoms. The third-order valence-corrected chi connectivity index (χ3v) is 3.50. The molecule has 0 bridgehead atoms. The molecule has 1 N–H and O–H groups in total. The van der Waals surface area contributed by atoms with Gasteiger partial charge in [-0.3, -0.25) is 0 Å². The molecular formula is C18H17F3O5. The molecule has 8 heteroatoms. The Labute approximate surface area is 147 Å². The quantitative estimate of drug-likeness (QED) is 0.542. The van der Waals surface area contributed by atoms with Crippen molar-refractivity contribution >= 4 is 5.97 Å². The number of carboxylic acid groups (broad SMARTS) is 1. The van der Waals surface area contributed by atoms with Gasteiger partial charge in [-0.2, -0.15) is 4.39 Å². The van der Waals surface area contributed by atoms with E-state index in [4.69, 9.17) is 19.3 Å². The summed E-state index contributed by atoms with van der Waals surface area (Å²) < 4.78 is 55.0. The molecule has 0 aliphatic heterocycles. The number of benzene rings is 2. The number of hydrogen-bond acceptors (Lipinski definition) is 4. The van der Waals surface area contributed by atoms with Crippen molar-refractivity contribution in [2.75, 3.05) is 20.3 Å². The van der Waals surface area contributed by atoms with Crippen LogP contribution in [0, 0.1) is 17.5 Å². The summed E-state index contributed by atoms with van der Waals surface area (Å²) in [6.45, 7) is -0.214. The van der Waals surface area contributed by atoms with Crippen molar-refractivity contribution in [3.8, 4) is 11.5 Å². The molecule has 5 nitrogen and oxygen atoms in total. The first-order valence-electron chi connectivity index (χ1n) is 7.66. The van der Waals surface area contributed by atoms with Crippen LogP contribution in [0.5, 0.6) is 11.5 Å². The zero-order valence-corrected chi connectivity index (χ0v) is 13.9. The first kappa shape index (κ1) is 19.6. The smallest absolute Gasteiger partial charge is 0.333 e. The topological polar surface area (TPSA) is 65.0 Å². The normalized spacial score (nSPS) is 11.8. The summed E-state index contributed by atoms with van der Waals surface area (Å²) in [5, 5.41) is 8.94. The highest BCUT2D eigenvalue weighted by molar-refractivity contribution is 5.72. The minimum atomic E-state index is -1.39. The van der Waals surface area contributed by atoms with Gasteiger partial charge in [0.15, 0.2) is 23.5 Å². The molecule has 2 rings (SSSR count). The van der Waals surface area contributed by atoms with E-state index >= 15 is 0 Å². The lowest BCUT2D eigenvalue weighted by Crippen LogP contribution is -2.24. The Kier molecular flexibility index (Phi) is 6.85. The molecule has 0 fully saturated rings. The van der Waals surface area contributed by atoms with Gasteiger partial charge in [-0.1, -0.05) is 12.1 Å². The van der Waals surface area contributed by atoms with E-state index < -0.39 is 35.3 Å². The molecule has 2 aromatic rings. The van der Waals surface area contributed by atoms with E-state index in [1.54, 1.807) is 24.3 Å². The van der Waals surface area contributed by atoms with E-state index in [0.717, 1.165) is 11.6 Å². The second-order valence-corrected chi connectivity index (χ2v) is 5.28. The van der Waals surface area contributed by atoms with Crippen molar-refractivity contribution in [1.29, 1.82) is 0 Å². The average molecular weight is 370 g/mol. The monoisotopic (exact) mass is 370 g/mol. The van der Waals surface area contributed by atoms with E-state index in [9.17, 15) is 18.0 Å². The van der Waals surface area contributed by atoms with Gasteiger partial charge >= 0.3 is 5.97 Å². The lowest BCUT2D eigenvalue weighted by molar-refractivity contribution is -0.148. The average Bonchev–Trinajstić information content (AvgIpc) is 2.63. The Morgan fingerprint density at radius 3 is 2.23 bits per heavy atom. The van der Waals surface area contributed by atoms with Crippen LogP contribution in [-0.4, -0.2) is 37.5 Å². The molecule has 0 heterocycles. The lowest BCUT2D eigenvalue weighted by Gasteiger charge is -2.12. The number of methoxy groups -OCH3 is 1. The number of aliphatic carboxylic acids is 1. The fraction of sp³-hybridized carbons (Fsp3) is 0.278. The maximum atomic E-state index is 13.4. The molecule has 0 spiro atoms. The maximum Gasteiger partial charge on any atom is 0.333 e. The van der Waals surface area contributed by atoms with Crippen LogP contribution in [0.1, 0.15) is 5.56 Å². The van der Waals surface area contributed by atoms with Crippen molar-refractivity contribution in [3.63, 3.8) is 0 Å². The van der Waals surface area contributed by atoms with Crippen LogP contribution in [0.25, 0.3) is 0 Å². The number of carboxylic acids is 1. The second kappa shape index (κ2) is 9.10. The molecule has 0 amide bonds. The Hall–Kier alpha value is -2.74. The molecule has 0 saturated carbocycles. The highest BCUT2D eigenvalue weighted by Crippen LogP contribution is 2.23. The number of ether oxygens (including phenoxy) is 3. The first-order valence-corrected chi connectivity index (χ1v) is 7.66. The highest BCUT2D eigenvalue weighted by Gasteiger charge is 2.17. The maximum absolute atomic E-state index is 13.4. The van der Waals surface area contributed by atoms with Gasteiger partial charge in [0.05, 0.1) is 0 Å². The van der Waals surface area contributed by atoms with Gasteiger partial charge in [-0.05, 0) is 29.8 Å². The van der Waals surface area contributed by atoms with Crippen molar-refractivity contribution in [3.05, 3.63) is 59.4 Å². The summed E-state index contributed by atoms with van der Waals surface area (Å²) in [4.78, 5) is 10.9. The molecule has 0 aliphatic carbocycles. The fourth-order valence-corrected chi connectivity index (χ4v) is 2.15. The molecule has 2 aromatic carbocycles. The third-order valence-electron chi connectivity index (χ3n) is 3.50. The molecule has 140 valence electrons. The van der Waals surface area contributed by atoms with Crippen LogP contribution in [0.4, 0.5) is 13.2 Å². The molecular weight excluding hydrogens is 353 g/mol. The SMILES string of the molecule is CO[C@@H](Cc1ccc(OCCOc2c(F)ccc(F)c2F)cc1)C(=O)O. The van der Waals surface area contributed by atoms with Gasteiger partial charge in [-0.25, -0.2) is 13.6 Å². The van der Waals surface area contributed by atoms with E-state index in [1.807, 2.05) is 0 Å². The number of rotatable bonds is 9. The molecule has 0 saturated heterocycles. The van der Waals surface area contributed by atoms with E-state index in [0.29, 0.717) is 11.8 Å². The van der Waals surface area contributed by atoms with Crippen LogP contribution >= 0.6 is 0 Å². The van der Waals surface area contributed by atoms with Crippen LogP contribution in [0.3, 0.4) is 0 Å². The van der Waals surface area contributed by atoms with Crippen molar-refractivity contribution in [2.45, 2.75) is 12.5 Å². The van der Waals surface area contributed by atoms with Crippen LogP contribution in [-0.2, 0) is 16.0 Å². The molecule has 0 radical (unpaired) electrons. The Morgan fingerprint density at radius 2 is 1.62 bits per heavy atom. The van der Waals surface area contributed by atoms with Crippen molar-refractivity contribution in [2.24, 2.45) is 0 Å². The highest BCUT2D eigenvalue weighted by atomic mass is 19.2. The zero-order chi connectivity index (χ0) is 19.1. The first-order chi connectivity index (χ1) is 12.4. The van der Waals surface area contributed by atoms with E-state index in [1.165, 1.54) is 7.11 Å². The minimum Gasteiger partial charge on any atom is -0.490 e. The van der Waals surface area contributed by atoms with Crippen LogP contribution in [0.2, 0.25) is 0 Å². The molecule has 0 unspecified atom stereocenters. The van der Waals surface area contributed by atoms with Gasteiger partial charge in [0, 0.05) is 13.5 Å². The fourth-order valence-electron chi connectivity index (χ4n) is 2.15. The predicted molar refractivity (Wildman–Crippen MR) is 85.9 cm³/mol. The summed E-state index contributed by atoms with van der Waals surface area (Å²) in [5.74, 6) is -4.97. The minimum absolute atomic E-state index is 0.0233. The summed E-state index contributed by atoms with van der Waals surface area (Å²) in [5.41, 5.74) is 0.742. The zero-order valence-electron chi connectivity index (χ0n) is 13.9. The van der Waals surface area contributed by atoms with E-state index in [2.05, 4.69) is 0 Å². The number of carbonyl (C=O) groups is 1. The van der Waals surface area contributed by atoms with Gasteiger partial charge in [0.2, 0.25) is 5.82 Å². The van der Waals surface area contributed by atoms with E-state index in [-0.39, 0.29) is 19.6 Å². The molecule has 1 atom stereocenters. The summed E-state index contributed by atoms with van der Waals surface area (Å²) in [6, 6.07) is 8.04. The van der Waals surface area contributed by atoms with Crippen LogP contribution in [0.15, 0.2) is 36.4 Å². The lowest BCUT2D eigenvalue weighted by atomic mass is 10.1. The third kappa shape index (κ3) is 5.13.